The fourth-order valence-electron chi connectivity index (χ4n) is 2.37. The van der Waals surface area contributed by atoms with Crippen molar-refractivity contribution in [3.05, 3.63) is 33.8 Å². The zero-order valence-electron chi connectivity index (χ0n) is 11.2. The monoisotopic (exact) mass is 291 g/mol. The van der Waals surface area contributed by atoms with Gasteiger partial charge in [-0.1, -0.05) is 17.7 Å². The summed E-state index contributed by atoms with van der Waals surface area (Å²) in [6.07, 6.45) is 0. The summed E-state index contributed by atoms with van der Waals surface area (Å²) in [5.41, 5.74) is 1.88. The zero-order valence-corrected chi connectivity index (χ0v) is 12.0. The number of nitrogens with zero attached hydrogens (tertiary/aromatic N) is 2. The Bertz CT molecular complexity index is 622. The van der Waals surface area contributed by atoms with E-state index in [0.717, 1.165) is 0 Å². The summed E-state index contributed by atoms with van der Waals surface area (Å²) in [6.45, 7) is 3.79. The van der Waals surface area contributed by atoms with Crippen LogP contribution in [0.3, 0.4) is 0 Å². The van der Waals surface area contributed by atoms with Crippen LogP contribution in [-0.4, -0.2) is 29.8 Å². The zero-order chi connectivity index (χ0) is 14.9. The van der Waals surface area contributed by atoms with Gasteiger partial charge in [0.15, 0.2) is 0 Å². The van der Waals surface area contributed by atoms with Crippen LogP contribution in [0, 0.1) is 18.3 Å². The van der Waals surface area contributed by atoms with Crippen molar-refractivity contribution in [2.75, 3.05) is 13.1 Å². The highest BCUT2D eigenvalue weighted by Crippen LogP contribution is 2.37. The molecule has 1 aliphatic heterocycles. The van der Waals surface area contributed by atoms with Crippen LogP contribution in [0.5, 0.6) is 0 Å². The summed E-state index contributed by atoms with van der Waals surface area (Å²) >= 11 is 6.03. The molecule has 0 spiro atoms. The number of halogens is 1. The van der Waals surface area contributed by atoms with Crippen LogP contribution < -0.4 is 5.32 Å². The van der Waals surface area contributed by atoms with Gasteiger partial charge in [-0.05, 0) is 18.6 Å². The van der Waals surface area contributed by atoms with Gasteiger partial charge in [-0.3, -0.25) is 9.59 Å². The summed E-state index contributed by atoms with van der Waals surface area (Å²) in [5, 5.41) is 12.4. The average Bonchev–Trinajstić information content (AvgIpc) is 2.67. The highest BCUT2D eigenvalue weighted by Gasteiger charge is 2.38. The topological polar surface area (TPSA) is 73.2 Å². The number of hydrogen-bond acceptors (Lipinski definition) is 3. The van der Waals surface area contributed by atoms with Crippen LogP contribution in [-0.2, 0) is 4.79 Å². The van der Waals surface area contributed by atoms with E-state index in [9.17, 15) is 14.9 Å². The summed E-state index contributed by atoms with van der Waals surface area (Å²) in [6, 6.07) is 4.93. The second-order valence-corrected chi connectivity index (χ2v) is 5.06. The lowest BCUT2D eigenvalue weighted by Crippen LogP contribution is -2.36. The molecule has 1 unspecified atom stereocenters. The van der Waals surface area contributed by atoms with Gasteiger partial charge < -0.3 is 10.2 Å². The Morgan fingerprint density at radius 3 is 2.85 bits per heavy atom. The van der Waals surface area contributed by atoms with E-state index in [1.165, 1.54) is 11.8 Å². The lowest BCUT2D eigenvalue weighted by molar-refractivity contribution is -0.119. The fraction of sp³-hybridized carbons (Fsp3) is 0.357. The predicted octanol–water partition coefficient (Wildman–Crippen LogP) is 1.80. The predicted molar refractivity (Wildman–Crippen MR) is 74.3 cm³/mol. The van der Waals surface area contributed by atoms with E-state index < -0.39 is 6.04 Å². The second-order valence-electron chi connectivity index (χ2n) is 4.65. The summed E-state index contributed by atoms with van der Waals surface area (Å²) in [5.74, 6) is -0.376. The number of amides is 2. The maximum Gasteiger partial charge on any atom is 0.255 e. The molecule has 1 aliphatic rings. The van der Waals surface area contributed by atoms with Crippen LogP contribution in [0.2, 0.25) is 5.02 Å². The number of hydrogen-bond donors (Lipinski definition) is 1. The highest BCUT2D eigenvalue weighted by atomic mass is 35.5. The third kappa shape index (κ3) is 2.35. The van der Waals surface area contributed by atoms with Crippen molar-refractivity contribution in [3.8, 4) is 6.07 Å². The molecule has 104 valence electrons. The minimum Gasteiger partial charge on any atom is -0.355 e. The fourth-order valence-corrected chi connectivity index (χ4v) is 2.53. The lowest BCUT2D eigenvalue weighted by Gasteiger charge is -2.19. The van der Waals surface area contributed by atoms with Crippen LogP contribution >= 0.6 is 11.6 Å². The Morgan fingerprint density at radius 1 is 1.55 bits per heavy atom. The molecule has 0 aromatic heterocycles. The van der Waals surface area contributed by atoms with E-state index >= 15 is 0 Å². The molecule has 0 saturated carbocycles. The molecule has 0 saturated heterocycles. The van der Waals surface area contributed by atoms with Crippen LogP contribution in [0.1, 0.15) is 34.5 Å². The van der Waals surface area contributed by atoms with Gasteiger partial charge in [0.2, 0.25) is 5.91 Å². The first-order valence-electron chi connectivity index (χ1n) is 6.21. The normalized spacial score (nSPS) is 16.8. The minimum absolute atomic E-state index is 0.165. The van der Waals surface area contributed by atoms with E-state index in [2.05, 4.69) is 11.4 Å². The number of fused-ring (bicyclic) bond motifs is 1. The molecule has 1 aromatic rings. The third-order valence-electron chi connectivity index (χ3n) is 3.36. The summed E-state index contributed by atoms with van der Waals surface area (Å²) in [4.78, 5) is 24.8. The van der Waals surface area contributed by atoms with Crippen molar-refractivity contribution in [1.29, 1.82) is 5.26 Å². The molecule has 1 heterocycles. The Hall–Kier alpha value is -2.06. The maximum atomic E-state index is 12.4. The Kier molecular flexibility index (Phi) is 3.96. The maximum absolute atomic E-state index is 12.4. The van der Waals surface area contributed by atoms with E-state index in [0.29, 0.717) is 34.8 Å². The summed E-state index contributed by atoms with van der Waals surface area (Å²) in [7, 11) is 0. The number of nitriles is 1. The molecule has 0 fully saturated rings. The molecule has 6 heteroatoms. The van der Waals surface area contributed by atoms with E-state index in [-0.39, 0.29) is 11.8 Å². The molecule has 5 nitrogen and oxygen atoms in total. The number of nitrogens with one attached hydrogen (secondary N) is 1. The molecule has 0 aliphatic carbocycles. The molecule has 1 atom stereocenters. The SMILES string of the molecule is CC(=O)NCCN1C(=O)c2c(ccc(Cl)c2C)C1C#N. The van der Waals surface area contributed by atoms with E-state index in [4.69, 9.17) is 11.6 Å². The van der Waals surface area contributed by atoms with Crippen LogP contribution in [0.15, 0.2) is 12.1 Å². The summed E-state index contributed by atoms with van der Waals surface area (Å²) < 4.78 is 0. The second kappa shape index (κ2) is 5.51. The molecule has 0 bridgehead atoms. The lowest BCUT2D eigenvalue weighted by atomic mass is 10.0. The number of carbonyl (C=O) groups excluding carboxylic acids is 2. The van der Waals surface area contributed by atoms with E-state index in [1.54, 1.807) is 19.1 Å². The third-order valence-corrected chi connectivity index (χ3v) is 3.77. The molecular weight excluding hydrogens is 278 g/mol. The molecule has 2 amide bonds. The van der Waals surface area contributed by atoms with Crippen molar-refractivity contribution >= 4 is 23.4 Å². The van der Waals surface area contributed by atoms with Gasteiger partial charge in [0.1, 0.15) is 6.04 Å². The van der Waals surface area contributed by atoms with Crippen molar-refractivity contribution in [2.24, 2.45) is 0 Å². The number of benzene rings is 1. The van der Waals surface area contributed by atoms with Gasteiger partial charge in [-0.25, -0.2) is 0 Å². The Morgan fingerprint density at radius 2 is 2.25 bits per heavy atom. The largest absolute Gasteiger partial charge is 0.355 e. The molecule has 1 N–H and O–H groups in total. The smallest absolute Gasteiger partial charge is 0.255 e. The molecular formula is C14H14ClN3O2. The molecule has 0 radical (unpaired) electrons. The van der Waals surface area contributed by atoms with Gasteiger partial charge >= 0.3 is 0 Å². The Balaban J connectivity index is 2.30. The van der Waals surface area contributed by atoms with Crippen molar-refractivity contribution in [1.82, 2.24) is 10.2 Å². The van der Waals surface area contributed by atoms with Crippen molar-refractivity contribution in [3.63, 3.8) is 0 Å². The van der Waals surface area contributed by atoms with Gasteiger partial charge in [-0.15, -0.1) is 0 Å². The standard InChI is InChI=1S/C14H14ClN3O2/c1-8-11(15)4-3-10-12(7-16)18(14(20)13(8)10)6-5-17-9(2)19/h3-4,12H,5-6H2,1-2H3,(H,17,19). The average molecular weight is 292 g/mol. The Labute approximate surface area is 122 Å². The van der Waals surface area contributed by atoms with Gasteiger partial charge in [-0.2, -0.15) is 5.26 Å². The highest BCUT2D eigenvalue weighted by molar-refractivity contribution is 6.32. The molecule has 1 aromatic carbocycles. The number of rotatable bonds is 3. The quantitative estimate of drug-likeness (QED) is 0.923. The van der Waals surface area contributed by atoms with Crippen molar-refractivity contribution in [2.45, 2.75) is 19.9 Å². The molecule has 20 heavy (non-hydrogen) atoms. The van der Waals surface area contributed by atoms with Crippen LogP contribution in [0.4, 0.5) is 0 Å². The van der Waals surface area contributed by atoms with Gasteiger partial charge in [0.05, 0.1) is 11.6 Å². The van der Waals surface area contributed by atoms with Crippen LogP contribution in [0.25, 0.3) is 0 Å². The first-order valence-corrected chi connectivity index (χ1v) is 6.59. The first-order chi connectivity index (χ1) is 9.47. The minimum atomic E-state index is -0.623. The first kappa shape index (κ1) is 14.4. The van der Waals surface area contributed by atoms with E-state index in [1.807, 2.05) is 0 Å². The molecule has 2 rings (SSSR count). The van der Waals surface area contributed by atoms with Gasteiger partial charge in [0, 0.05) is 30.6 Å². The number of carbonyl (C=O) groups is 2. The van der Waals surface area contributed by atoms with Gasteiger partial charge in [0.25, 0.3) is 5.91 Å². The van der Waals surface area contributed by atoms with Crippen molar-refractivity contribution < 1.29 is 9.59 Å².